The van der Waals surface area contributed by atoms with Crippen molar-refractivity contribution in [3.05, 3.63) is 39.2 Å². The summed E-state index contributed by atoms with van der Waals surface area (Å²) in [6, 6.07) is 3.30. The largest absolute Gasteiger partial charge is 0.507 e. The molecule has 2 N–H and O–H groups in total. The molecule has 0 aliphatic carbocycles. The van der Waals surface area contributed by atoms with Crippen molar-refractivity contribution >= 4 is 16.9 Å². The SMILES string of the molecule is Cc1cc(O)c2c(C)c(CC(=O)NC(C)C)c(=O)oc2c1. The Morgan fingerprint density at radius 1 is 1.33 bits per heavy atom. The molecule has 0 aliphatic rings. The lowest BCUT2D eigenvalue weighted by Gasteiger charge is -2.11. The predicted molar refractivity (Wildman–Crippen MR) is 80.6 cm³/mol. The van der Waals surface area contributed by atoms with E-state index in [0.717, 1.165) is 5.56 Å². The summed E-state index contributed by atoms with van der Waals surface area (Å²) in [7, 11) is 0. The molecule has 5 heteroatoms. The van der Waals surface area contributed by atoms with Crippen LogP contribution in [-0.4, -0.2) is 17.1 Å². The van der Waals surface area contributed by atoms with Crippen LogP contribution in [0.3, 0.4) is 0 Å². The number of benzene rings is 1. The van der Waals surface area contributed by atoms with Crippen LogP contribution in [0.5, 0.6) is 5.75 Å². The van der Waals surface area contributed by atoms with Crippen molar-refractivity contribution in [1.29, 1.82) is 0 Å². The van der Waals surface area contributed by atoms with Crippen LogP contribution in [0.25, 0.3) is 11.0 Å². The summed E-state index contributed by atoms with van der Waals surface area (Å²) in [6.07, 6.45) is -0.0599. The molecule has 1 heterocycles. The smallest absolute Gasteiger partial charge is 0.340 e. The number of aryl methyl sites for hydroxylation is 2. The Kier molecular flexibility index (Phi) is 4.02. The van der Waals surface area contributed by atoms with Crippen LogP contribution in [0.15, 0.2) is 21.3 Å². The Hall–Kier alpha value is -2.30. The van der Waals surface area contributed by atoms with Gasteiger partial charge in [0.05, 0.1) is 17.4 Å². The summed E-state index contributed by atoms with van der Waals surface area (Å²) >= 11 is 0. The predicted octanol–water partition coefficient (Wildman–Crippen LogP) is 2.18. The molecule has 0 fully saturated rings. The zero-order valence-electron chi connectivity index (χ0n) is 12.6. The van der Waals surface area contributed by atoms with Crippen LogP contribution >= 0.6 is 0 Å². The minimum Gasteiger partial charge on any atom is -0.507 e. The molecule has 0 aliphatic heterocycles. The number of hydrogen-bond donors (Lipinski definition) is 2. The highest BCUT2D eigenvalue weighted by Crippen LogP contribution is 2.29. The van der Waals surface area contributed by atoms with Gasteiger partial charge < -0.3 is 14.8 Å². The monoisotopic (exact) mass is 289 g/mol. The van der Waals surface area contributed by atoms with E-state index in [9.17, 15) is 14.7 Å². The molecule has 0 unspecified atom stereocenters. The average Bonchev–Trinajstić information content (AvgIpc) is 2.32. The van der Waals surface area contributed by atoms with E-state index < -0.39 is 5.63 Å². The van der Waals surface area contributed by atoms with Crippen molar-refractivity contribution in [3.63, 3.8) is 0 Å². The third-order valence-electron chi connectivity index (χ3n) is 3.29. The number of phenolic OH excluding ortho intramolecular Hbond substituents is 1. The summed E-state index contributed by atoms with van der Waals surface area (Å²) < 4.78 is 5.25. The number of phenols is 1. The Morgan fingerprint density at radius 3 is 2.62 bits per heavy atom. The first-order valence-electron chi connectivity index (χ1n) is 6.85. The topological polar surface area (TPSA) is 79.5 Å². The summed E-state index contributed by atoms with van der Waals surface area (Å²) in [5, 5.41) is 13.3. The highest BCUT2D eigenvalue weighted by molar-refractivity contribution is 5.89. The van der Waals surface area contributed by atoms with Crippen LogP contribution in [-0.2, 0) is 11.2 Å². The molecule has 0 spiro atoms. The molecule has 5 nitrogen and oxygen atoms in total. The molecule has 2 aromatic rings. The molecule has 0 bridgehead atoms. The molecule has 0 saturated heterocycles. The van der Waals surface area contributed by atoms with Crippen molar-refractivity contribution in [1.82, 2.24) is 5.32 Å². The Morgan fingerprint density at radius 2 is 2.00 bits per heavy atom. The van der Waals surface area contributed by atoms with Crippen LogP contribution in [0.2, 0.25) is 0 Å². The van der Waals surface area contributed by atoms with Gasteiger partial charge in [0.1, 0.15) is 11.3 Å². The van der Waals surface area contributed by atoms with Gasteiger partial charge in [0.2, 0.25) is 5.91 Å². The maximum absolute atomic E-state index is 12.1. The Labute approximate surface area is 122 Å². The van der Waals surface area contributed by atoms with Crippen molar-refractivity contribution in [3.8, 4) is 5.75 Å². The van der Waals surface area contributed by atoms with Crippen molar-refractivity contribution in [2.24, 2.45) is 0 Å². The van der Waals surface area contributed by atoms with Gasteiger partial charge in [0.15, 0.2) is 0 Å². The number of hydrogen-bond acceptors (Lipinski definition) is 4. The van der Waals surface area contributed by atoms with Gasteiger partial charge in [0.25, 0.3) is 0 Å². The Balaban J connectivity index is 2.55. The third-order valence-corrected chi connectivity index (χ3v) is 3.29. The molecule has 0 atom stereocenters. The summed E-state index contributed by atoms with van der Waals surface area (Å²) in [6.45, 7) is 7.22. The minimum atomic E-state index is -0.538. The van der Waals surface area contributed by atoms with E-state index in [1.807, 2.05) is 13.8 Å². The maximum atomic E-state index is 12.1. The van der Waals surface area contributed by atoms with Gasteiger partial charge in [-0.25, -0.2) is 4.79 Å². The second-order valence-corrected chi connectivity index (χ2v) is 5.55. The normalized spacial score (nSPS) is 11.1. The highest BCUT2D eigenvalue weighted by Gasteiger charge is 2.17. The van der Waals surface area contributed by atoms with Crippen molar-refractivity contribution in [2.45, 2.75) is 40.2 Å². The molecule has 0 saturated carbocycles. The van der Waals surface area contributed by atoms with Crippen LogP contribution in [0, 0.1) is 13.8 Å². The van der Waals surface area contributed by atoms with Gasteiger partial charge in [-0.1, -0.05) is 0 Å². The van der Waals surface area contributed by atoms with Gasteiger partial charge >= 0.3 is 5.63 Å². The minimum absolute atomic E-state index is 0.00126. The van der Waals surface area contributed by atoms with Gasteiger partial charge in [-0.2, -0.15) is 0 Å². The molecular formula is C16H19NO4. The first-order chi connectivity index (χ1) is 9.79. The first kappa shape index (κ1) is 15.1. The van der Waals surface area contributed by atoms with E-state index >= 15 is 0 Å². The summed E-state index contributed by atoms with van der Waals surface area (Å²) in [5.41, 5.74) is 1.46. The number of amides is 1. The van der Waals surface area contributed by atoms with Crippen LogP contribution in [0.4, 0.5) is 0 Å². The molecule has 21 heavy (non-hydrogen) atoms. The van der Waals surface area contributed by atoms with E-state index in [1.54, 1.807) is 26.0 Å². The van der Waals surface area contributed by atoms with Gasteiger partial charge in [-0.05, 0) is 51.0 Å². The van der Waals surface area contributed by atoms with Gasteiger partial charge in [0, 0.05) is 6.04 Å². The standard InChI is InChI=1S/C16H19NO4/c1-8(2)17-14(19)7-11-10(4)15-12(18)5-9(3)6-13(15)21-16(11)20/h5-6,8,18H,7H2,1-4H3,(H,17,19). The van der Waals surface area contributed by atoms with E-state index in [0.29, 0.717) is 16.5 Å². The Bertz CT molecular complexity index is 759. The van der Waals surface area contributed by atoms with E-state index in [-0.39, 0.29) is 29.7 Å². The summed E-state index contributed by atoms with van der Waals surface area (Å²) in [4.78, 5) is 23.9. The fourth-order valence-corrected chi connectivity index (χ4v) is 2.40. The molecule has 2 rings (SSSR count). The molecule has 1 amide bonds. The van der Waals surface area contributed by atoms with Crippen LogP contribution < -0.4 is 10.9 Å². The maximum Gasteiger partial charge on any atom is 0.340 e. The fourth-order valence-electron chi connectivity index (χ4n) is 2.40. The first-order valence-corrected chi connectivity index (χ1v) is 6.85. The van der Waals surface area contributed by atoms with Gasteiger partial charge in [-0.15, -0.1) is 0 Å². The lowest BCUT2D eigenvalue weighted by Crippen LogP contribution is -2.33. The zero-order chi connectivity index (χ0) is 15.7. The number of carbonyl (C=O) groups is 1. The second kappa shape index (κ2) is 5.60. The molecule has 112 valence electrons. The molecular weight excluding hydrogens is 270 g/mol. The van der Waals surface area contributed by atoms with Gasteiger partial charge in [-0.3, -0.25) is 4.79 Å². The van der Waals surface area contributed by atoms with Crippen molar-refractivity contribution in [2.75, 3.05) is 0 Å². The van der Waals surface area contributed by atoms with Crippen LogP contribution in [0.1, 0.15) is 30.5 Å². The van der Waals surface area contributed by atoms with E-state index in [2.05, 4.69) is 5.32 Å². The number of aromatic hydroxyl groups is 1. The molecule has 0 radical (unpaired) electrons. The van der Waals surface area contributed by atoms with Crippen molar-refractivity contribution < 1.29 is 14.3 Å². The average molecular weight is 289 g/mol. The highest BCUT2D eigenvalue weighted by atomic mass is 16.4. The fraction of sp³-hybridized carbons (Fsp3) is 0.375. The molecule has 1 aromatic heterocycles. The lowest BCUT2D eigenvalue weighted by molar-refractivity contribution is -0.120. The lowest BCUT2D eigenvalue weighted by atomic mass is 10.0. The quantitative estimate of drug-likeness (QED) is 0.849. The third kappa shape index (κ3) is 3.07. The number of nitrogens with one attached hydrogen (secondary N) is 1. The number of fused-ring (bicyclic) bond motifs is 1. The summed E-state index contributed by atoms with van der Waals surface area (Å²) in [5.74, 6) is -0.192. The zero-order valence-corrected chi connectivity index (χ0v) is 12.6. The number of carbonyl (C=O) groups excluding carboxylic acids is 1. The number of rotatable bonds is 3. The second-order valence-electron chi connectivity index (χ2n) is 5.55. The molecule has 1 aromatic carbocycles. The van der Waals surface area contributed by atoms with E-state index in [1.165, 1.54) is 0 Å². The van der Waals surface area contributed by atoms with E-state index in [4.69, 9.17) is 4.42 Å².